The highest BCUT2D eigenvalue weighted by atomic mass is 35.5. The van der Waals surface area contributed by atoms with Crippen molar-refractivity contribution in [1.29, 1.82) is 0 Å². The van der Waals surface area contributed by atoms with Gasteiger partial charge in [-0.1, -0.05) is 30.3 Å². The topological polar surface area (TPSA) is 52.7 Å². The SMILES string of the molecule is CC(=O)N1C[C@H]2CN(C(=O)C3[C@H]4CNC[C@@H]34)C[C@H]2[C@H]1c1ccccc1.Cl. The Morgan fingerprint density at radius 2 is 1.69 bits per heavy atom. The van der Waals surface area contributed by atoms with Crippen LogP contribution in [0.3, 0.4) is 0 Å². The zero-order valence-corrected chi connectivity index (χ0v) is 15.8. The van der Waals surface area contributed by atoms with E-state index in [9.17, 15) is 9.59 Å². The summed E-state index contributed by atoms with van der Waals surface area (Å²) in [6.45, 7) is 6.08. The molecule has 6 heteroatoms. The Morgan fingerprint density at radius 3 is 2.35 bits per heavy atom. The summed E-state index contributed by atoms with van der Waals surface area (Å²) >= 11 is 0. The molecule has 1 aromatic rings. The Morgan fingerprint density at radius 1 is 1.00 bits per heavy atom. The van der Waals surface area contributed by atoms with E-state index >= 15 is 0 Å². The average molecular weight is 376 g/mol. The van der Waals surface area contributed by atoms with Crippen LogP contribution >= 0.6 is 12.4 Å². The highest BCUT2D eigenvalue weighted by Gasteiger charge is 2.59. The van der Waals surface area contributed by atoms with Gasteiger partial charge < -0.3 is 15.1 Å². The number of amides is 2. The van der Waals surface area contributed by atoms with Crippen molar-refractivity contribution >= 4 is 24.2 Å². The van der Waals surface area contributed by atoms with Gasteiger partial charge in [0.25, 0.3) is 0 Å². The first-order valence-corrected chi connectivity index (χ1v) is 9.47. The number of fused-ring (bicyclic) bond motifs is 2. The first-order chi connectivity index (χ1) is 12.1. The molecule has 3 aliphatic heterocycles. The Labute approximate surface area is 160 Å². The smallest absolute Gasteiger partial charge is 0.226 e. The summed E-state index contributed by atoms with van der Waals surface area (Å²) in [6, 6.07) is 10.4. The lowest BCUT2D eigenvalue weighted by Crippen LogP contribution is -2.38. The van der Waals surface area contributed by atoms with E-state index in [1.165, 1.54) is 5.56 Å². The number of hydrogen-bond acceptors (Lipinski definition) is 3. The number of benzene rings is 1. The van der Waals surface area contributed by atoms with Gasteiger partial charge in [-0.05, 0) is 30.5 Å². The summed E-state index contributed by atoms with van der Waals surface area (Å²) in [5.41, 5.74) is 1.20. The van der Waals surface area contributed by atoms with Crippen molar-refractivity contribution < 1.29 is 9.59 Å². The molecule has 26 heavy (non-hydrogen) atoms. The summed E-state index contributed by atoms with van der Waals surface area (Å²) in [5.74, 6) is 2.70. The number of nitrogens with one attached hydrogen (secondary N) is 1. The van der Waals surface area contributed by atoms with Crippen molar-refractivity contribution in [2.45, 2.75) is 13.0 Å². The number of carbonyl (C=O) groups is 2. The molecule has 5 rings (SSSR count). The fourth-order valence-corrected chi connectivity index (χ4v) is 5.62. The predicted molar refractivity (Wildman–Crippen MR) is 101 cm³/mol. The van der Waals surface area contributed by atoms with Crippen LogP contribution in [0.1, 0.15) is 18.5 Å². The standard InChI is InChI=1S/C20H25N3O2.ClH/c1-12(24)23-10-14-9-22(20(25)18-15-7-21-8-16(15)18)11-17(14)19(23)13-5-3-2-4-6-13;/h2-6,14-19,21H,7-11H2,1H3;1H/t14-,15-,16+,17-,18?,19-;/m1./s1. The molecule has 3 saturated heterocycles. The molecule has 1 unspecified atom stereocenters. The minimum absolute atomic E-state index is 0. The van der Waals surface area contributed by atoms with Gasteiger partial charge in [0.15, 0.2) is 0 Å². The van der Waals surface area contributed by atoms with Gasteiger partial charge in [0, 0.05) is 44.3 Å². The number of halogens is 1. The van der Waals surface area contributed by atoms with Gasteiger partial charge in [0.1, 0.15) is 0 Å². The van der Waals surface area contributed by atoms with Gasteiger partial charge in [0.2, 0.25) is 11.8 Å². The van der Waals surface area contributed by atoms with Gasteiger partial charge >= 0.3 is 0 Å². The van der Waals surface area contributed by atoms with Gasteiger partial charge in [-0.25, -0.2) is 0 Å². The molecule has 0 aromatic heterocycles. The zero-order chi connectivity index (χ0) is 17.1. The van der Waals surface area contributed by atoms with Gasteiger partial charge in [-0.15, -0.1) is 12.4 Å². The highest BCUT2D eigenvalue weighted by molar-refractivity contribution is 5.85. The Balaban J connectivity index is 0.00000168. The summed E-state index contributed by atoms with van der Waals surface area (Å²) in [6.07, 6.45) is 0. The van der Waals surface area contributed by atoms with Crippen LogP contribution in [0.25, 0.3) is 0 Å². The largest absolute Gasteiger partial charge is 0.342 e. The van der Waals surface area contributed by atoms with Crippen LogP contribution in [-0.2, 0) is 9.59 Å². The van der Waals surface area contributed by atoms with E-state index in [1.807, 2.05) is 23.1 Å². The maximum Gasteiger partial charge on any atom is 0.226 e. The number of piperidine rings is 1. The van der Waals surface area contributed by atoms with E-state index in [4.69, 9.17) is 0 Å². The summed E-state index contributed by atoms with van der Waals surface area (Å²) in [7, 11) is 0. The average Bonchev–Trinajstić information content (AvgIpc) is 3.01. The van der Waals surface area contributed by atoms with E-state index in [0.717, 1.165) is 32.7 Å². The number of hydrogen-bond donors (Lipinski definition) is 1. The van der Waals surface area contributed by atoms with E-state index < -0.39 is 0 Å². The maximum absolute atomic E-state index is 12.9. The fraction of sp³-hybridized carbons (Fsp3) is 0.600. The summed E-state index contributed by atoms with van der Waals surface area (Å²) in [5, 5.41) is 3.37. The van der Waals surface area contributed by atoms with Crippen LogP contribution in [0, 0.1) is 29.6 Å². The molecular formula is C20H26ClN3O2. The second-order valence-corrected chi connectivity index (χ2v) is 8.21. The Hall–Kier alpha value is -1.59. The molecule has 2 amide bonds. The summed E-state index contributed by atoms with van der Waals surface area (Å²) in [4.78, 5) is 29.2. The minimum Gasteiger partial charge on any atom is -0.342 e. The highest BCUT2D eigenvalue weighted by Crippen LogP contribution is 2.51. The second kappa shape index (κ2) is 6.54. The number of carbonyl (C=O) groups excluding carboxylic acids is 2. The molecular weight excluding hydrogens is 350 g/mol. The molecule has 6 atom stereocenters. The van der Waals surface area contributed by atoms with E-state index in [2.05, 4.69) is 22.3 Å². The first-order valence-electron chi connectivity index (χ1n) is 9.47. The minimum atomic E-state index is 0. The van der Waals surface area contributed by atoms with E-state index in [-0.39, 0.29) is 30.3 Å². The van der Waals surface area contributed by atoms with Crippen molar-refractivity contribution in [3.8, 4) is 0 Å². The molecule has 0 bridgehead atoms. The normalized spacial score (nSPS) is 37.1. The molecule has 1 aliphatic carbocycles. The molecule has 4 fully saturated rings. The second-order valence-electron chi connectivity index (χ2n) is 8.21. The molecule has 0 radical (unpaired) electrons. The lowest BCUT2D eigenvalue weighted by Gasteiger charge is -2.29. The van der Waals surface area contributed by atoms with E-state index in [0.29, 0.717) is 29.6 Å². The molecule has 140 valence electrons. The van der Waals surface area contributed by atoms with Gasteiger partial charge in [-0.2, -0.15) is 0 Å². The first kappa shape index (κ1) is 17.8. The van der Waals surface area contributed by atoms with E-state index in [1.54, 1.807) is 6.92 Å². The van der Waals surface area contributed by atoms with Crippen LogP contribution in [0.2, 0.25) is 0 Å². The van der Waals surface area contributed by atoms with Gasteiger partial charge in [0.05, 0.1) is 6.04 Å². The maximum atomic E-state index is 12.9. The van der Waals surface area contributed by atoms with Gasteiger partial charge in [-0.3, -0.25) is 9.59 Å². The molecule has 0 spiro atoms. The van der Waals surface area contributed by atoms with Crippen LogP contribution < -0.4 is 5.32 Å². The zero-order valence-electron chi connectivity index (χ0n) is 15.0. The molecule has 3 heterocycles. The lowest BCUT2D eigenvalue weighted by atomic mass is 9.89. The van der Waals surface area contributed by atoms with Crippen molar-refractivity contribution in [3.63, 3.8) is 0 Å². The number of rotatable bonds is 2. The van der Waals surface area contributed by atoms with Crippen molar-refractivity contribution in [1.82, 2.24) is 15.1 Å². The fourth-order valence-electron chi connectivity index (χ4n) is 5.62. The monoisotopic (exact) mass is 375 g/mol. The van der Waals surface area contributed by atoms with Crippen LogP contribution in [0.15, 0.2) is 30.3 Å². The molecule has 1 saturated carbocycles. The predicted octanol–water partition coefficient (Wildman–Crippen LogP) is 1.55. The molecule has 1 aromatic carbocycles. The third-order valence-electron chi connectivity index (χ3n) is 6.90. The number of likely N-dealkylation sites (tertiary alicyclic amines) is 2. The van der Waals surface area contributed by atoms with Crippen molar-refractivity contribution in [2.24, 2.45) is 29.6 Å². The molecule has 1 N–H and O–H groups in total. The number of nitrogens with zero attached hydrogens (tertiary/aromatic N) is 2. The Bertz CT molecular complexity index is 702. The quantitative estimate of drug-likeness (QED) is 0.853. The van der Waals surface area contributed by atoms with Crippen LogP contribution in [0.5, 0.6) is 0 Å². The third kappa shape index (κ3) is 2.64. The van der Waals surface area contributed by atoms with Crippen LogP contribution in [0.4, 0.5) is 0 Å². The lowest BCUT2D eigenvalue weighted by molar-refractivity contribution is -0.133. The van der Waals surface area contributed by atoms with Crippen molar-refractivity contribution in [3.05, 3.63) is 35.9 Å². The molecule has 4 aliphatic rings. The van der Waals surface area contributed by atoms with Crippen LogP contribution in [-0.4, -0.2) is 54.3 Å². The Kier molecular flexibility index (Phi) is 4.48. The molecule has 5 nitrogen and oxygen atoms in total. The van der Waals surface area contributed by atoms with Crippen molar-refractivity contribution in [2.75, 3.05) is 32.7 Å². The third-order valence-corrected chi connectivity index (χ3v) is 6.90. The summed E-state index contributed by atoms with van der Waals surface area (Å²) < 4.78 is 0.